The maximum atomic E-state index is 12.1. The molecule has 0 aromatic heterocycles. The number of nitrogens with one attached hydrogen (secondary N) is 2. The highest BCUT2D eigenvalue weighted by Gasteiger charge is 2.20. The molecule has 1 unspecified atom stereocenters. The van der Waals surface area contributed by atoms with E-state index in [1.807, 2.05) is 11.9 Å². The second-order valence-electron chi connectivity index (χ2n) is 5.81. The van der Waals surface area contributed by atoms with Crippen LogP contribution in [0, 0.1) is 0 Å². The number of hydrogen-bond acceptors (Lipinski definition) is 2. The summed E-state index contributed by atoms with van der Waals surface area (Å²) in [5.74, 6) is 0. The molecule has 0 aromatic carbocycles. The lowest BCUT2D eigenvalue weighted by molar-refractivity contribution is 0.192. The van der Waals surface area contributed by atoms with Gasteiger partial charge in [0.25, 0.3) is 0 Å². The van der Waals surface area contributed by atoms with Crippen molar-refractivity contribution in [2.75, 3.05) is 20.1 Å². The van der Waals surface area contributed by atoms with E-state index in [0.717, 1.165) is 25.9 Å². The van der Waals surface area contributed by atoms with Crippen LogP contribution in [-0.4, -0.2) is 43.2 Å². The number of likely N-dealkylation sites (N-methyl/N-ethyl adjacent to an activating group) is 1. The Morgan fingerprint density at radius 2 is 1.89 bits per heavy atom. The van der Waals surface area contributed by atoms with Crippen molar-refractivity contribution in [3.05, 3.63) is 0 Å². The monoisotopic (exact) mass is 253 g/mol. The molecule has 1 atom stereocenters. The molecule has 1 saturated heterocycles. The minimum atomic E-state index is 0.106. The van der Waals surface area contributed by atoms with E-state index < -0.39 is 0 Å². The van der Waals surface area contributed by atoms with Gasteiger partial charge in [-0.25, -0.2) is 4.79 Å². The molecule has 0 spiro atoms. The van der Waals surface area contributed by atoms with Gasteiger partial charge in [-0.15, -0.1) is 0 Å². The average molecular weight is 253 g/mol. The third kappa shape index (κ3) is 4.16. The van der Waals surface area contributed by atoms with Gasteiger partial charge >= 0.3 is 6.03 Å². The Bertz CT molecular complexity index is 258. The molecular formula is C14H27N3O. The Labute approximate surface area is 110 Å². The van der Waals surface area contributed by atoms with Crippen LogP contribution in [0.5, 0.6) is 0 Å². The lowest BCUT2D eigenvalue weighted by atomic mass is 9.96. The first kappa shape index (κ1) is 13.7. The van der Waals surface area contributed by atoms with Crippen LogP contribution in [0.15, 0.2) is 0 Å². The zero-order chi connectivity index (χ0) is 12.8. The SMILES string of the molecule is CN(CC1CCCCN1)C(=O)NC1CCCCC1. The summed E-state index contributed by atoms with van der Waals surface area (Å²) in [5, 5.41) is 6.65. The van der Waals surface area contributed by atoms with E-state index in [4.69, 9.17) is 0 Å². The summed E-state index contributed by atoms with van der Waals surface area (Å²) in [6.45, 7) is 1.93. The molecule has 0 radical (unpaired) electrons. The van der Waals surface area contributed by atoms with Gasteiger partial charge in [-0.05, 0) is 32.2 Å². The summed E-state index contributed by atoms with van der Waals surface area (Å²) in [6.07, 6.45) is 9.92. The molecule has 4 nitrogen and oxygen atoms in total. The number of hydrogen-bond donors (Lipinski definition) is 2. The van der Waals surface area contributed by atoms with Crippen LogP contribution in [0.3, 0.4) is 0 Å². The summed E-state index contributed by atoms with van der Waals surface area (Å²) in [6, 6.07) is 1.00. The van der Waals surface area contributed by atoms with Gasteiger partial charge < -0.3 is 15.5 Å². The molecule has 2 fully saturated rings. The van der Waals surface area contributed by atoms with E-state index in [2.05, 4.69) is 10.6 Å². The van der Waals surface area contributed by atoms with Gasteiger partial charge in [-0.2, -0.15) is 0 Å². The summed E-state index contributed by atoms with van der Waals surface area (Å²) >= 11 is 0. The fourth-order valence-electron chi connectivity index (χ4n) is 3.03. The Balaban J connectivity index is 1.69. The number of amides is 2. The Kier molecular flexibility index (Phi) is 5.29. The number of nitrogens with zero attached hydrogens (tertiary/aromatic N) is 1. The van der Waals surface area contributed by atoms with Gasteiger partial charge in [0, 0.05) is 25.7 Å². The average Bonchev–Trinajstić information content (AvgIpc) is 2.41. The Hall–Kier alpha value is -0.770. The molecular weight excluding hydrogens is 226 g/mol. The first-order chi connectivity index (χ1) is 8.75. The van der Waals surface area contributed by atoms with Crippen LogP contribution in [0.1, 0.15) is 51.4 Å². The van der Waals surface area contributed by atoms with Crippen molar-refractivity contribution in [3.63, 3.8) is 0 Å². The van der Waals surface area contributed by atoms with Crippen LogP contribution in [0.25, 0.3) is 0 Å². The summed E-state index contributed by atoms with van der Waals surface area (Å²) in [7, 11) is 1.91. The summed E-state index contributed by atoms with van der Waals surface area (Å²) in [4.78, 5) is 13.9. The van der Waals surface area contributed by atoms with Gasteiger partial charge in [0.05, 0.1) is 0 Å². The highest BCUT2D eigenvalue weighted by molar-refractivity contribution is 5.74. The lowest BCUT2D eigenvalue weighted by Crippen LogP contribution is -2.49. The highest BCUT2D eigenvalue weighted by Crippen LogP contribution is 2.17. The minimum absolute atomic E-state index is 0.106. The maximum absolute atomic E-state index is 12.1. The predicted octanol–water partition coefficient (Wildman–Crippen LogP) is 2.10. The van der Waals surface area contributed by atoms with Crippen LogP contribution < -0.4 is 10.6 Å². The van der Waals surface area contributed by atoms with Gasteiger partial charge in [-0.3, -0.25) is 0 Å². The first-order valence-electron chi connectivity index (χ1n) is 7.51. The smallest absolute Gasteiger partial charge is 0.317 e. The molecule has 104 valence electrons. The fraction of sp³-hybridized carbons (Fsp3) is 0.929. The molecule has 0 bridgehead atoms. The number of urea groups is 1. The maximum Gasteiger partial charge on any atom is 0.317 e. The van der Waals surface area contributed by atoms with Crippen LogP contribution in [0.2, 0.25) is 0 Å². The number of rotatable bonds is 3. The predicted molar refractivity (Wildman–Crippen MR) is 73.7 cm³/mol. The minimum Gasteiger partial charge on any atom is -0.335 e. The van der Waals surface area contributed by atoms with E-state index in [1.54, 1.807) is 0 Å². The molecule has 2 N–H and O–H groups in total. The van der Waals surface area contributed by atoms with Crippen molar-refractivity contribution in [3.8, 4) is 0 Å². The second kappa shape index (κ2) is 6.98. The second-order valence-corrected chi connectivity index (χ2v) is 5.81. The molecule has 0 aromatic rings. The van der Waals surface area contributed by atoms with Crippen molar-refractivity contribution in [2.24, 2.45) is 0 Å². The Morgan fingerprint density at radius 1 is 1.17 bits per heavy atom. The first-order valence-corrected chi connectivity index (χ1v) is 7.51. The van der Waals surface area contributed by atoms with E-state index in [1.165, 1.54) is 38.5 Å². The Morgan fingerprint density at radius 3 is 2.56 bits per heavy atom. The molecule has 4 heteroatoms. The molecule has 1 aliphatic heterocycles. The van der Waals surface area contributed by atoms with Gasteiger partial charge in [0.2, 0.25) is 0 Å². The lowest BCUT2D eigenvalue weighted by Gasteiger charge is -2.30. The molecule has 1 heterocycles. The van der Waals surface area contributed by atoms with E-state index in [9.17, 15) is 4.79 Å². The van der Waals surface area contributed by atoms with Gasteiger partial charge in [-0.1, -0.05) is 25.7 Å². The molecule has 1 aliphatic carbocycles. The third-order valence-electron chi connectivity index (χ3n) is 4.19. The number of carbonyl (C=O) groups is 1. The fourth-order valence-corrected chi connectivity index (χ4v) is 3.03. The van der Waals surface area contributed by atoms with Crippen molar-refractivity contribution in [2.45, 2.75) is 63.5 Å². The van der Waals surface area contributed by atoms with Gasteiger partial charge in [0.15, 0.2) is 0 Å². The van der Waals surface area contributed by atoms with E-state index in [-0.39, 0.29) is 6.03 Å². The quantitative estimate of drug-likeness (QED) is 0.809. The van der Waals surface area contributed by atoms with Crippen LogP contribution in [-0.2, 0) is 0 Å². The highest BCUT2D eigenvalue weighted by atomic mass is 16.2. The van der Waals surface area contributed by atoms with Gasteiger partial charge in [0.1, 0.15) is 0 Å². The molecule has 18 heavy (non-hydrogen) atoms. The topological polar surface area (TPSA) is 44.4 Å². The molecule has 2 aliphatic rings. The summed E-state index contributed by atoms with van der Waals surface area (Å²) in [5.41, 5.74) is 0. The summed E-state index contributed by atoms with van der Waals surface area (Å²) < 4.78 is 0. The number of carbonyl (C=O) groups excluding carboxylic acids is 1. The van der Waals surface area contributed by atoms with E-state index >= 15 is 0 Å². The van der Waals surface area contributed by atoms with E-state index in [0.29, 0.717) is 12.1 Å². The van der Waals surface area contributed by atoms with Crippen molar-refractivity contribution in [1.29, 1.82) is 0 Å². The molecule has 2 amide bonds. The van der Waals surface area contributed by atoms with Crippen molar-refractivity contribution < 1.29 is 4.79 Å². The molecule has 2 rings (SSSR count). The van der Waals surface area contributed by atoms with Crippen LogP contribution in [0.4, 0.5) is 4.79 Å². The van der Waals surface area contributed by atoms with Crippen molar-refractivity contribution in [1.82, 2.24) is 15.5 Å². The number of piperidine rings is 1. The van der Waals surface area contributed by atoms with Crippen molar-refractivity contribution >= 4 is 6.03 Å². The normalized spacial score (nSPS) is 25.7. The zero-order valence-electron chi connectivity index (χ0n) is 11.6. The third-order valence-corrected chi connectivity index (χ3v) is 4.19. The molecule has 1 saturated carbocycles. The van der Waals surface area contributed by atoms with Crippen LogP contribution >= 0.6 is 0 Å². The zero-order valence-corrected chi connectivity index (χ0v) is 11.6. The standard InChI is InChI=1S/C14H27N3O/c1-17(11-13-9-5-6-10-15-13)14(18)16-12-7-3-2-4-8-12/h12-13,15H,2-11H2,1H3,(H,16,18). The largest absolute Gasteiger partial charge is 0.335 e.